The van der Waals surface area contributed by atoms with Crippen LogP contribution in [-0.2, 0) is 23.8 Å². The van der Waals surface area contributed by atoms with E-state index in [9.17, 15) is 8.42 Å². The van der Waals surface area contributed by atoms with E-state index in [1.165, 1.54) is 12.1 Å². The second-order valence-corrected chi connectivity index (χ2v) is 8.06. The van der Waals surface area contributed by atoms with E-state index >= 15 is 0 Å². The quantitative estimate of drug-likeness (QED) is 0.532. The van der Waals surface area contributed by atoms with Gasteiger partial charge in [0.05, 0.1) is 4.90 Å². The van der Waals surface area contributed by atoms with Crippen molar-refractivity contribution in [3.05, 3.63) is 29.8 Å². The Kier molecular flexibility index (Phi) is 7.66. The van der Waals surface area contributed by atoms with Gasteiger partial charge < -0.3 is 9.47 Å². The summed E-state index contributed by atoms with van der Waals surface area (Å²) < 4.78 is 41.2. The van der Waals surface area contributed by atoms with E-state index in [4.69, 9.17) is 13.7 Å². The predicted molar refractivity (Wildman–Crippen MR) is 100 cm³/mol. The minimum Gasteiger partial charge on any atom is -0.353 e. The molecule has 26 heavy (non-hydrogen) atoms. The Hall–Kier alpha value is -1.39. The monoisotopic (exact) mass is 380 g/mol. The maximum Gasteiger partial charge on any atom is 0.297 e. The van der Waals surface area contributed by atoms with Crippen LogP contribution in [0.5, 0.6) is 0 Å². The van der Waals surface area contributed by atoms with Gasteiger partial charge in [0.15, 0.2) is 6.29 Å². The van der Waals surface area contributed by atoms with Crippen LogP contribution in [0, 0.1) is 18.8 Å². The standard InChI is InChI=1S/C20H28O5S/c1-4-20(5-2,25-19-9-6-7-15-23-19)14-8-16-24-26(21,22)18-12-10-17(3)11-13-18/h10-13,19H,4-7,9,15-16H2,1-3H3. The van der Waals surface area contributed by atoms with Gasteiger partial charge in [0.25, 0.3) is 10.1 Å². The van der Waals surface area contributed by atoms with Gasteiger partial charge in [0, 0.05) is 6.61 Å². The van der Waals surface area contributed by atoms with Crippen molar-refractivity contribution in [3.8, 4) is 11.8 Å². The molecule has 0 bridgehead atoms. The number of ether oxygens (including phenoxy) is 2. The first kappa shape index (κ1) is 20.9. The van der Waals surface area contributed by atoms with E-state index in [0.717, 1.165) is 24.8 Å². The van der Waals surface area contributed by atoms with Crippen molar-refractivity contribution in [2.75, 3.05) is 13.2 Å². The molecule has 1 atom stereocenters. The van der Waals surface area contributed by atoms with E-state index < -0.39 is 15.7 Å². The normalized spacial score (nSPS) is 18.2. The maximum absolute atomic E-state index is 12.2. The molecule has 0 aliphatic carbocycles. The topological polar surface area (TPSA) is 61.8 Å². The van der Waals surface area contributed by atoms with E-state index in [0.29, 0.717) is 19.4 Å². The fourth-order valence-electron chi connectivity index (χ4n) is 2.76. The highest BCUT2D eigenvalue weighted by molar-refractivity contribution is 7.86. The molecule has 5 nitrogen and oxygen atoms in total. The first-order chi connectivity index (χ1) is 12.4. The van der Waals surface area contributed by atoms with Crippen LogP contribution in [0.25, 0.3) is 0 Å². The van der Waals surface area contributed by atoms with Crippen molar-refractivity contribution in [3.63, 3.8) is 0 Å². The van der Waals surface area contributed by atoms with E-state index in [1.807, 2.05) is 20.8 Å². The highest BCUT2D eigenvalue weighted by atomic mass is 32.2. The molecule has 0 aromatic heterocycles. The molecule has 0 saturated carbocycles. The Morgan fingerprint density at radius 3 is 2.46 bits per heavy atom. The van der Waals surface area contributed by atoms with Gasteiger partial charge in [-0.1, -0.05) is 43.4 Å². The summed E-state index contributed by atoms with van der Waals surface area (Å²) in [6, 6.07) is 6.53. The van der Waals surface area contributed by atoms with Gasteiger partial charge in [-0.25, -0.2) is 0 Å². The van der Waals surface area contributed by atoms with Crippen molar-refractivity contribution in [2.24, 2.45) is 0 Å². The summed E-state index contributed by atoms with van der Waals surface area (Å²) in [4.78, 5) is 0.133. The molecule has 0 amide bonds. The molecule has 1 saturated heterocycles. The van der Waals surface area contributed by atoms with Gasteiger partial charge in [-0.15, -0.1) is 0 Å². The third kappa shape index (κ3) is 5.82. The summed E-state index contributed by atoms with van der Waals surface area (Å²) in [7, 11) is -3.80. The maximum atomic E-state index is 12.2. The number of hydrogen-bond donors (Lipinski definition) is 0. The fourth-order valence-corrected chi connectivity index (χ4v) is 3.58. The average Bonchev–Trinajstić information content (AvgIpc) is 2.65. The van der Waals surface area contributed by atoms with E-state index in [-0.39, 0.29) is 17.8 Å². The van der Waals surface area contributed by atoms with Crippen LogP contribution in [0.2, 0.25) is 0 Å². The molecule has 0 N–H and O–H groups in total. The highest BCUT2D eigenvalue weighted by Crippen LogP contribution is 2.26. The van der Waals surface area contributed by atoms with Gasteiger partial charge in [-0.05, 0) is 51.2 Å². The van der Waals surface area contributed by atoms with Crippen LogP contribution in [0.1, 0.15) is 51.5 Å². The third-order valence-corrected chi connectivity index (χ3v) is 5.83. The van der Waals surface area contributed by atoms with Crippen molar-refractivity contribution >= 4 is 10.1 Å². The Labute approximate surface area is 157 Å². The molecule has 1 fully saturated rings. The van der Waals surface area contributed by atoms with Crippen LogP contribution in [0.3, 0.4) is 0 Å². The second kappa shape index (κ2) is 9.52. The Balaban J connectivity index is 1.99. The summed E-state index contributed by atoms with van der Waals surface area (Å²) in [6.07, 6.45) is 4.15. The Morgan fingerprint density at radius 1 is 1.19 bits per heavy atom. The largest absolute Gasteiger partial charge is 0.353 e. The van der Waals surface area contributed by atoms with Crippen molar-refractivity contribution in [2.45, 2.75) is 69.7 Å². The molecule has 1 aliphatic rings. The Bertz CT molecular complexity index is 718. The van der Waals surface area contributed by atoms with Gasteiger partial charge >= 0.3 is 0 Å². The van der Waals surface area contributed by atoms with Crippen LogP contribution in [0.4, 0.5) is 0 Å². The SMILES string of the molecule is CCC(C#CCOS(=O)(=O)c1ccc(C)cc1)(CC)OC1CCCCO1. The lowest BCUT2D eigenvalue weighted by atomic mass is 9.97. The molecule has 1 aromatic carbocycles. The molecular weight excluding hydrogens is 352 g/mol. The van der Waals surface area contributed by atoms with Crippen LogP contribution >= 0.6 is 0 Å². The number of rotatable bonds is 7. The zero-order valence-corrected chi connectivity index (χ0v) is 16.6. The Morgan fingerprint density at radius 2 is 1.88 bits per heavy atom. The summed E-state index contributed by atoms with van der Waals surface area (Å²) in [6.45, 7) is 6.41. The van der Waals surface area contributed by atoms with Crippen LogP contribution in [-0.4, -0.2) is 33.5 Å². The van der Waals surface area contributed by atoms with Crippen LogP contribution in [0.15, 0.2) is 29.2 Å². The number of hydrogen-bond acceptors (Lipinski definition) is 5. The lowest BCUT2D eigenvalue weighted by Gasteiger charge is -2.33. The zero-order chi connectivity index (χ0) is 19.0. The predicted octanol–water partition coefficient (Wildman–Crippen LogP) is 3.81. The van der Waals surface area contributed by atoms with E-state index in [2.05, 4.69) is 11.8 Å². The fraction of sp³-hybridized carbons (Fsp3) is 0.600. The first-order valence-electron chi connectivity index (χ1n) is 9.16. The number of benzene rings is 1. The summed E-state index contributed by atoms with van der Waals surface area (Å²) >= 11 is 0. The molecule has 1 aliphatic heterocycles. The molecule has 1 unspecified atom stereocenters. The van der Waals surface area contributed by atoms with Gasteiger partial charge in [0.2, 0.25) is 0 Å². The minimum atomic E-state index is -3.80. The van der Waals surface area contributed by atoms with E-state index in [1.54, 1.807) is 12.1 Å². The summed E-state index contributed by atoms with van der Waals surface area (Å²) in [5.74, 6) is 5.89. The molecule has 1 aromatic rings. The molecule has 144 valence electrons. The molecule has 0 radical (unpaired) electrons. The smallest absolute Gasteiger partial charge is 0.297 e. The van der Waals surface area contributed by atoms with Crippen LogP contribution < -0.4 is 0 Å². The molecular formula is C20H28O5S. The van der Waals surface area contributed by atoms with Crippen molar-refractivity contribution < 1.29 is 22.1 Å². The first-order valence-corrected chi connectivity index (χ1v) is 10.6. The van der Waals surface area contributed by atoms with Gasteiger partial charge in [0.1, 0.15) is 12.2 Å². The van der Waals surface area contributed by atoms with Gasteiger partial charge in [-0.2, -0.15) is 8.42 Å². The molecule has 0 spiro atoms. The van der Waals surface area contributed by atoms with Crippen molar-refractivity contribution in [1.29, 1.82) is 0 Å². The minimum absolute atomic E-state index is 0.133. The lowest BCUT2D eigenvalue weighted by Crippen LogP contribution is -2.37. The summed E-state index contributed by atoms with van der Waals surface area (Å²) in [5, 5.41) is 0. The zero-order valence-electron chi connectivity index (χ0n) is 15.8. The molecule has 6 heteroatoms. The average molecular weight is 381 g/mol. The molecule has 2 rings (SSSR count). The van der Waals surface area contributed by atoms with Crippen molar-refractivity contribution in [1.82, 2.24) is 0 Å². The summed E-state index contributed by atoms with van der Waals surface area (Å²) in [5.41, 5.74) is 0.348. The highest BCUT2D eigenvalue weighted by Gasteiger charge is 2.30. The van der Waals surface area contributed by atoms with Gasteiger partial charge in [-0.3, -0.25) is 4.18 Å². The lowest BCUT2D eigenvalue weighted by molar-refractivity contribution is -0.209. The number of aryl methyl sites for hydroxylation is 1. The third-order valence-electron chi connectivity index (χ3n) is 4.55. The molecule has 1 heterocycles. The second-order valence-electron chi connectivity index (χ2n) is 6.45.